The molecule has 6 nitrogen and oxygen atoms in total. The zero-order valence-electron chi connectivity index (χ0n) is 14.5. The molecule has 7 heteroatoms. The Balaban J connectivity index is 1.88. The Morgan fingerprint density at radius 1 is 1.12 bits per heavy atom. The van der Waals surface area contributed by atoms with Gasteiger partial charge in [-0.1, -0.05) is 24.6 Å². The van der Waals surface area contributed by atoms with Crippen molar-refractivity contribution in [3.63, 3.8) is 0 Å². The number of hydrogen-bond donors (Lipinski definition) is 2. The molecule has 0 radical (unpaired) electrons. The van der Waals surface area contributed by atoms with Crippen molar-refractivity contribution < 1.29 is 19.3 Å². The molecule has 0 aromatic heterocycles. The van der Waals surface area contributed by atoms with E-state index in [2.05, 4.69) is 0 Å². The van der Waals surface area contributed by atoms with E-state index in [1.54, 1.807) is 24.3 Å². The molecule has 0 saturated carbocycles. The van der Waals surface area contributed by atoms with Crippen molar-refractivity contribution in [1.82, 2.24) is 4.83 Å². The summed E-state index contributed by atoms with van der Waals surface area (Å²) in [6.45, 7) is 0.314. The fourth-order valence-corrected chi connectivity index (χ4v) is 6.34. The number of hydroxylamine groups is 1. The zero-order valence-corrected chi connectivity index (χ0v) is 15.3. The Kier molecular flexibility index (Phi) is 5.77. The second kappa shape index (κ2) is 8.04. The third-order valence-electron chi connectivity index (χ3n) is 4.61. The lowest BCUT2D eigenvalue weighted by Gasteiger charge is -2.30. The summed E-state index contributed by atoms with van der Waals surface area (Å²) >= 11 is 0. The molecule has 3 rings (SSSR count). The lowest BCUT2D eigenvalue weighted by atomic mass is 10.1. The number of carbonyl (C=O) groups excluding carboxylic acids is 1. The minimum atomic E-state index is -3.33. The molecule has 1 aliphatic heterocycles. The third kappa shape index (κ3) is 3.98. The normalized spacial score (nSPS) is 24.0. The van der Waals surface area contributed by atoms with E-state index >= 15 is 0 Å². The SMILES string of the molecule is NC(=O)CC1CCCCN(O)P1(=O)c1ccc(Oc2ccccc2)cc1. The lowest BCUT2D eigenvalue weighted by Crippen LogP contribution is -2.31. The first-order valence-electron chi connectivity index (χ1n) is 8.68. The summed E-state index contributed by atoms with van der Waals surface area (Å²) in [6.07, 6.45) is 2.12. The van der Waals surface area contributed by atoms with Crippen molar-refractivity contribution in [3.05, 3.63) is 54.6 Å². The van der Waals surface area contributed by atoms with Crippen LogP contribution in [0.4, 0.5) is 0 Å². The van der Waals surface area contributed by atoms with Crippen LogP contribution < -0.4 is 15.8 Å². The van der Waals surface area contributed by atoms with Crippen LogP contribution in [0.3, 0.4) is 0 Å². The highest BCUT2D eigenvalue weighted by Crippen LogP contribution is 2.56. The van der Waals surface area contributed by atoms with Crippen molar-refractivity contribution in [3.8, 4) is 11.5 Å². The van der Waals surface area contributed by atoms with E-state index in [0.29, 0.717) is 29.8 Å². The summed E-state index contributed by atoms with van der Waals surface area (Å²) in [6, 6.07) is 16.2. The predicted molar refractivity (Wildman–Crippen MR) is 100 cm³/mol. The number of para-hydroxylation sites is 1. The van der Waals surface area contributed by atoms with E-state index in [-0.39, 0.29) is 6.42 Å². The molecule has 2 atom stereocenters. The van der Waals surface area contributed by atoms with Gasteiger partial charge in [0.2, 0.25) is 13.2 Å². The first-order valence-corrected chi connectivity index (χ1v) is 10.4. The van der Waals surface area contributed by atoms with E-state index in [4.69, 9.17) is 10.5 Å². The summed E-state index contributed by atoms with van der Waals surface area (Å²) in [5, 5.41) is 10.9. The van der Waals surface area contributed by atoms with Gasteiger partial charge in [0.1, 0.15) is 11.5 Å². The molecule has 1 heterocycles. The number of carbonyl (C=O) groups is 1. The molecule has 1 saturated heterocycles. The van der Waals surface area contributed by atoms with Crippen LogP contribution in [0.2, 0.25) is 0 Å². The van der Waals surface area contributed by atoms with Crippen molar-refractivity contribution in [1.29, 1.82) is 0 Å². The van der Waals surface area contributed by atoms with Crippen LogP contribution in [0, 0.1) is 0 Å². The molecule has 1 aliphatic rings. The van der Waals surface area contributed by atoms with Crippen LogP contribution in [-0.4, -0.2) is 28.2 Å². The van der Waals surface area contributed by atoms with Gasteiger partial charge in [0.15, 0.2) is 0 Å². The number of amides is 1. The number of nitrogens with two attached hydrogens (primary N) is 1. The minimum Gasteiger partial charge on any atom is -0.457 e. The molecular formula is C19H23N2O4P. The standard InChI is InChI=1S/C19H23N2O4P/c20-19(22)14-18-8-4-5-13-21(23)26(18,24)17-11-9-16(10-12-17)25-15-6-2-1-3-7-15/h1-3,6-7,9-12,18,23H,4-5,8,13-14H2,(H2,20,22). The third-order valence-corrected chi connectivity index (χ3v) is 7.96. The molecule has 2 unspecified atom stereocenters. The number of nitrogens with zero attached hydrogens (tertiary/aromatic N) is 1. The second-order valence-electron chi connectivity index (χ2n) is 6.45. The quantitative estimate of drug-likeness (QED) is 0.782. The Hall–Kier alpha value is -2.14. The maximum Gasteiger partial charge on any atom is 0.218 e. The molecule has 1 amide bonds. The van der Waals surface area contributed by atoms with Crippen LogP contribution in [0.25, 0.3) is 0 Å². The number of hydrogen-bond acceptors (Lipinski definition) is 4. The molecule has 2 aromatic rings. The zero-order chi connectivity index (χ0) is 18.6. The Bertz CT molecular complexity index is 795. The van der Waals surface area contributed by atoms with E-state index in [0.717, 1.165) is 17.7 Å². The smallest absolute Gasteiger partial charge is 0.218 e. The molecule has 0 aliphatic carbocycles. The van der Waals surface area contributed by atoms with Crippen molar-refractivity contribution >= 4 is 18.5 Å². The summed E-state index contributed by atoms with van der Waals surface area (Å²) < 4.78 is 19.5. The Morgan fingerprint density at radius 3 is 2.42 bits per heavy atom. The minimum absolute atomic E-state index is 0.00337. The number of primary amides is 1. The van der Waals surface area contributed by atoms with Gasteiger partial charge in [0, 0.05) is 23.9 Å². The van der Waals surface area contributed by atoms with Gasteiger partial charge in [0.25, 0.3) is 0 Å². The van der Waals surface area contributed by atoms with Crippen molar-refractivity contribution in [2.24, 2.45) is 5.73 Å². The van der Waals surface area contributed by atoms with Crippen LogP contribution in [0.5, 0.6) is 11.5 Å². The molecule has 0 spiro atoms. The van der Waals surface area contributed by atoms with Gasteiger partial charge < -0.3 is 15.7 Å². The lowest BCUT2D eigenvalue weighted by molar-refractivity contribution is -0.118. The molecular weight excluding hydrogens is 351 g/mol. The van der Waals surface area contributed by atoms with Crippen molar-refractivity contribution in [2.45, 2.75) is 31.3 Å². The first kappa shape index (κ1) is 18.6. The second-order valence-corrected chi connectivity index (χ2v) is 9.40. The molecule has 1 fully saturated rings. The first-order chi connectivity index (χ1) is 12.5. The van der Waals surface area contributed by atoms with Crippen LogP contribution in [0.15, 0.2) is 54.6 Å². The van der Waals surface area contributed by atoms with E-state index in [9.17, 15) is 14.6 Å². The molecule has 3 N–H and O–H groups in total. The van der Waals surface area contributed by atoms with Gasteiger partial charge in [0.05, 0.1) is 0 Å². The van der Waals surface area contributed by atoms with Gasteiger partial charge in [-0.25, -0.2) is 0 Å². The van der Waals surface area contributed by atoms with Crippen molar-refractivity contribution in [2.75, 3.05) is 6.54 Å². The van der Waals surface area contributed by atoms with E-state index in [1.807, 2.05) is 30.3 Å². The highest BCUT2D eigenvalue weighted by Gasteiger charge is 2.42. The van der Waals surface area contributed by atoms with Crippen LogP contribution >= 0.6 is 7.29 Å². The molecule has 26 heavy (non-hydrogen) atoms. The fraction of sp³-hybridized carbons (Fsp3) is 0.316. The largest absolute Gasteiger partial charge is 0.457 e. The van der Waals surface area contributed by atoms with Gasteiger partial charge in [-0.3, -0.25) is 9.36 Å². The average Bonchev–Trinajstić information content (AvgIpc) is 2.77. The van der Waals surface area contributed by atoms with Gasteiger partial charge in [-0.15, -0.1) is 4.83 Å². The van der Waals surface area contributed by atoms with E-state index in [1.165, 1.54) is 0 Å². The summed E-state index contributed by atoms with van der Waals surface area (Å²) in [7, 11) is -3.33. The van der Waals surface area contributed by atoms with Gasteiger partial charge in [-0.2, -0.15) is 0 Å². The molecule has 138 valence electrons. The van der Waals surface area contributed by atoms with Gasteiger partial charge in [-0.05, 0) is 49.2 Å². The van der Waals surface area contributed by atoms with Crippen LogP contribution in [-0.2, 0) is 9.36 Å². The number of ether oxygens (including phenoxy) is 1. The number of benzene rings is 2. The number of rotatable bonds is 5. The van der Waals surface area contributed by atoms with Gasteiger partial charge >= 0.3 is 0 Å². The summed E-state index contributed by atoms with van der Waals surface area (Å²) in [5.74, 6) is 0.809. The summed E-state index contributed by atoms with van der Waals surface area (Å²) in [5.41, 5.74) is 4.87. The highest BCUT2D eigenvalue weighted by atomic mass is 31.2. The van der Waals surface area contributed by atoms with E-state index < -0.39 is 18.9 Å². The molecule has 0 bridgehead atoms. The fourth-order valence-electron chi connectivity index (χ4n) is 3.30. The summed E-state index contributed by atoms with van der Waals surface area (Å²) in [4.78, 5) is 12.4. The Labute approximate surface area is 153 Å². The van der Waals surface area contributed by atoms with Crippen LogP contribution in [0.1, 0.15) is 25.7 Å². The monoisotopic (exact) mass is 374 g/mol. The highest BCUT2D eigenvalue weighted by molar-refractivity contribution is 7.69. The maximum atomic E-state index is 13.7. The Morgan fingerprint density at radius 2 is 1.77 bits per heavy atom. The molecule has 2 aromatic carbocycles. The average molecular weight is 374 g/mol. The predicted octanol–water partition coefficient (Wildman–Crippen LogP) is 3.50. The topological polar surface area (TPSA) is 92.9 Å². The maximum absolute atomic E-state index is 13.7.